The molecule has 0 aliphatic rings. The van der Waals surface area contributed by atoms with Gasteiger partial charge in [0, 0.05) is 12.0 Å². The predicted octanol–water partition coefficient (Wildman–Crippen LogP) is 3.19. The Bertz CT molecular complexity index is 736. The van der Waals surface area contributed by atoms with E-state index >= 15 is 0 Å². The van der Waals surface area contributed by atoms with E-state index in [1.165, 1.54) is 11.3 Å². The molecule has 19 heavy (non-hydrogen) atoms. The molecule has 7 heteroatoms. The van der Waals surface area contributed by atoms with Gasteiger partial charge in [-0.2, -0.15) is 9.61 Å². The Labute approximate surface area is 122 Å². The van der Waals surface area contributed by atoms with Crippen LogP contribution in [-0.2, 0) is 6.42 Å². The number of hydrogen-bond donors (Lipinski definition) is 0. The largest absolute Gasteiger partial charge is 0.496 e. The van der Waals surface area contributed by atoms with E-state index in [9.17, 15) is 0 Å². The zero-order valence-electron chi connectivity index (χ0n) is 10.4. The maximum absolute atomic E-state index is 5.22. The van der Waals surface area contributed by atoms with Gasteiger partial charge in [0.05, 0.1) is 11.6 Å². The first-order valence-corrected chi connectivity index (χ1v) is 7.39. The van der Waals surface area contributed by atoms with Crippen molar-refractivity contribution in [3.63, 3.8) is 0 Å². The first-order valence-electron chi connectivity index (χ1n) is 5.78. The summed E-state index contributed by atoms with van der Waals surface area (Å²) < 4.78 is 7.94. The number of fused-ring (bicyclic) bond motifs is 1. The highest BCUT2D eigenvalue weighted by molar-refractivity contribution is 9.10. The minimum atomic E-state index is 0.806. The number of aromatic nitrogens is 4. The number of hydrogen-bond acceptors (Lipinski definition) is 5. The van der Waals surface area contributed by atoms with Crippen LogP contribution in [0.2, 0.25) is 0 Å². The molecule has 3 aromatic rings. The molecule has 0 atom stereocenters. The molecule has 0 saturated heterocycles. The fourth-order valence-electron chi connectivity index (χ4n) is 1.79. The van der Waals surface area contributed by atoms with Gasteiger partial charge in [-0.3, -0.25) is 0 Å². The van der Waals surface area contributed by atoms with Gasteiger partial charge in [-0.25, -0.2) is 0 Å². The normalized spacial score (nSPS) is 11.1. The molecule has 2 aromatic heterocycles. The lowest BCUT2D eigenvalue weighted by atomic mass is 10.2. The molecule has 1 aromatic carbocycles. The van der Waals surface area contributed by atoms with Gasteiger partial charge in [0.15, 0.2) is 5.82 Å². The van der Waals surface area contributed by atoms with Crippen LogP contribution < -0.4 is 4.74 Å². The third-order valence-corrected chi connectivity index (χ3v) is 4.34. The first kappa shape index (κ1) is 12.6. The highest BCUT2D eigenvalue weighted by Gasteiger charge is 2.12. The van der Waals surface area contributed by atoms with Gasteiger partial charge in [0.25, 0.3) is 0 Å². The van der Waals surface area contributed by atoms with E-state index in [0.717, 1.165) is 38.0 Å². The number of nitrogens with zero attached hydrogens (tertiary/aromatic N) is 4. The third kappa shape index (κ3) is 2.12. The van der Waals surface area contributed by atoms with E-state index in [2.05, 4.69) is 31.2 Å². The molecule has 0 amide bonds. The molecule has 0 aliphatic heterocycles. The second kappa shape index (κ2) is 4.90. The van der Waals surface area contributed by atoms with Crippen LogP contribution in [0.1, 0.15) is 12.7 Å². The minimum absolute atomic E-state index is 0.806. The van der Waals surface area contributed by atoms with Crippen LogP contribution in [0, 0.1) is 0 Å². The Balaban J connectivity index is 2.08. The van der Waals surface area contributed by atoms with Gasteiger partial charge < -0.3 is 4.74 Å². The van der Waals surface area contributed by atoms with Crippen LogP contribution in [0.15, 0.2) is 22.7 Å². The summed E-state index contributed by atoms with van der Waals surface area (Å²) in [6, 6.07) is 5.90. The van der Waals surface area contributed by atoms with E-state index in [0.29, 0.717) is 0 Å². The molecule has 98 valence electrons. The van der Waals surface area contributed by atoms with Crippen molar-refractivity contribution in [1.82, 2.24) is 19.8 Å². The molecule has 3 rings (SSSR count). The fraction of sp³-hybridized carbons (Fsp3) is 0.250. The van der Waals surface area contributed by atoms with Crippen molar-refractivity contribution in [2.24, 2.45) is 0 Å². The van der Waals surface area contributed by atoms with Gasteiger partial charge in [-0.1, -0.05) is 18.3 Å². The molecular formula is C12H11BrN4OS. The lowest BCUT2D eigenvalue weighted by Crippen LogP contribution is -1.93. The Kier molecular flexibility index (Phi) is 3.24. The van der Waals surface area contributed by atoms with Gasteiger partial charge in [-0.05, 0) is 34.1 Å². The summed E-state index contributed by atoms with van der Waals surface area (Å²) in [5.41, 5.74) is 1.03. The maximum atomic E-state index is 5.22. The van der Waals surface area contributed by atoms with Crippen LogP contribution in [0.25, 0.3) is 15.5 Å². The van der Waals surface area contributed by atoms with Crippen LogP contribution in [0.3, 0.4) is 0 Å². The number of rotatable bonds is 3. The van der Waals surface area contributed by atoms with Gasteiger partial charge in [0.2, 0.25) is 4.96 Å². The van der Waals surface area contributed by atoms with Crippen LogP contribution in [-0.4, -0.2) is 26.9 Å². The van der Waals surface area contributed by atoms with E-state index < -0.39 is 0 Å². The number of aryl methyl sites for hydroxylation is 1. The molecule has 0 fully saturated rings. The van der Waals surface area contributed by atoms with Crippen molar-refractivity contribution in [2.45, 2.75) is 13.3 Å². The zero-order chi connectivity index (χ0) is 13.4. The van der Waals surface area contributed by atoms with Gasteiger partial charge in [0.1, 0.15) is 10.8 Å². The van der Waals surface area contributed by atoms with E-state index in [4.69, 9.17) is 4.74 Å². The number of ether oxygens (including phenoxy) is 1. The minimum Gasteiger partial charge on any atom is -0.496 e. The summed E-state index contributed by atoms with van der Waals surface area (Å²) in [4.78, 5) is 0.818. The number of halogens is 1. The summed E-state index contributed by atoms with van der Waals surface area (Å²) in [5, 5.41) is 13.7. The molecular weight excluding hydrogens is 328 g/mol. The molecule has 0 spiro atoms. The van der Waals surface area contributed by atoms with Crippen LogP contribution in [0.5, 0.6) is 5.75 Å². The lowest BCUT2D eigenvalue weighted by molar-refractivity contribution is 0.412. The highest BCUT2D eigenvalue weighted by Crippen LogP contribution is 2.32. The van der Waals surface area contributed by atoms with Crippen molar-refractivity contribution in [3.05, 3.63) is 28.5 Å². The second-order valence-electron chi connectivity index (χ2n) is 3.92. The Morgan fingerprint density at radius 2 is 2.21 bits per heavy atom. The summed E-state index contributed by atoms with van der Waals surface area (Å²) in [6.07, 6.45) is 0.816. The zero-order valence-corrected chi connectivity index (χ0v) is 12.8. The summed E-state index contributed by atoms with van der Waals surface area (Å²) >= 11 is 5.01. The fourth-order valence-corrected chi connectivity index (χ4v) is 3.19. The topological polar surface area (TPSA) is 52.3 Å². The lowest BCUT2D eigenvalue weighted by Gasteiger charge is -2.03. The molecule has 5 nitrogen and oxygen atoms in total. The predicted molar refractivity (Wildman–Crippen MR) is 77.7 cm³/mol. The Morgan fingerprint density at radius 3 is 2.89 bits per heavy atom. The smallest absolute Gasteiger partial charge is 0.234 e. The molecule has 0 radical (unpaired) electrons. The van der Waals surface area contributed by atoms with Crippen LogP contribution >= 0.6 is 27.3 Å². The summed E-state index contributed by atoms with van der Waals surface area (Å²) in [7, 11) is 1.65. The summed E-state index contributed by atoms with van der Waals surface area (Å²) in [6.45, 7) is 2.04. The van der Waals surface area contributed by atoms with Gasteiger partial charge in [-0.15, -0.1) is 10.2 Å². The summed E-state index contributed by atoms with van der Waals surface area (Å²) in [5.74, 6) is 1.69. The average Bonchev–Trinajstić information content (AvgIpc) is 2.98. The van der Waals surface area contributed by atoms with Crippen molar-refractivity contribution in [1.29, 1.82) is 0 Å². The monoisotopic (exact) mass is 338 g/mol. The quantitative estimate of drug-likeness (QED) is 0.735. The van der Waals surface area contributed by atoms with Crippen molar-refractivity contribution >= 4 is 32.2 Å². The standard InChI is InChI=1S/C12H11BrN4OS/c1-3-10-14-15-12-17(10)16-11(19-12)7-4-5-9(18-2)8(13)6-7/h4-6H,3H2,1-2H3. The second-order valence-corrected chi connectivity index (χ2v) is 5.73. The van der Waals surface area contributed by atoms with E-state index in [1.807, 2.05) is 25.1 Å². The highest BCUT2D eigenvalue weighted by atomic mass is 79.9. The number of benzene rings is 1. The molecule has 0 unspecified atom stereocenters. The SMILES string of the molecule is CCc1nnc2sc(-c3ccc(OC)c(Br)c3)nn12. The molecule has 0 saturated carbocycles. The first-order chi connectivity index (χ1) is 9.22. The Morgan fingerprint density at radius 1 is 1.37 bits per heavy atom. The average molecular weight is 339 g/mol. The van der Waals surface area contributed by atoms with Crippen molar-refractivity contribution < 1.29 is 4.74 Å². The van der Waals surface area contributed by atoms with Crippen molar-refractivity contribution in [3.8, 4) is 16.3 Å². The van der Waals surface area contributed by atoms with Crippen molar-refractivity contribution in [2.75, 3.05) is 7.11 Å². The molecule has 2 heterocycles. The Hall–Kier alpha value is -1.47. The maximum Gasteiger partial charge on any atom is 0.234 e. The third-order valence-electron chi connectivity index (χ3n) is 2.77. The number of methoxy groups -OCH3 is 1. The van der Waals surface area contributed by atoms with E-state index in [-0.39, 0.29) is 0 Å². The van der Waals surface area contributed by atoms with Gasteiger partial charge >= 0.3 is 0 Å². The molecule has 0 aliphatic carbocycles. The van der Waals surface area contributed by atoms with Crippen LogP contribution in [0.4, 0.5) is 0 Å². The molecule has 0 bridgehead atoms. The van der Waals surface area contributed by atoms with E-state index in [1.54, 1.807) is 11.6 Å². The molecule has 0 N–H and O–H groups in total.